The fraction of sp³-hybridized carbons (Fsp3) is 0.263. The Labute approximate surface area is 156 Å². The highest BCUT2D eigenvalue weighted by Gasteiger charge is 2.16. The van der Waals surface area contributed by atoms with E-state index >= 15 is 0 Å². The van der Waals surface area contributed by atoms with Gasteiger partial charge in [-0.2, -0.15) is 5.10 Å². The van der Waals surface area contributed by atoms with Crippen molar-refractivity contribution in [1.29, 1.82) is 0 Å². The molecule has 0 saturated carbocycles. The Morgan fingerprint density at radius 3 is 2.89 bits per heavy atom. The highest BCUT2D eigenvalue weighted by molar-refractivity contribution is 6.03. The molecule has 1 amide bonds. The molecule has 4 heterocycles. The van der Waals surface area contributed by atoms with Gasteiger partial charge in [-0.25, -0.2) is 9.97 Å². The van der Waals surface area contributed by atoms with Crippen LogP contribution in [0.25, 0.3) is 11.3 Å². The fourth-order valence-electron chi connectivity index (χ4n) is 2.91. The van der Waals surface area contributed by atoms with Gasteiger partial charge in [0.2, 0.25) is 0 Å². The number of nitrogens with zero attached hydrogens (tertiary/aromatic N) is 4. The molecule has 0 bridgehead atoms. The molecule has 3 aromatic heterocycles. The number of ether oxygens (including phenoxy) is 1. The molecular weight excluding hydrogens is 344 g/mol. The van der Waals surface area contributed by atoms with Crippen LogP contribution < -0.4 is 10.2 Å². The Morgan fingerprint density at radius 2 is 2.11 bits per heavy atom. The molecule has 0 atom stereocenters. The first-order chi connectivity index (χ1) is 13.2. The summed E-state index contributed by atoms with van der Waals surface area (Å²) in [5.74, 6) is 0.571. The van der Waals surface area contributed by atoms with Crippen molar-refractivity contribution in [1.82, 2.24) is 20.2 Å². The third-order valence-corrected chi connectivity index (χ3v) is 4.45. The SMILES string of the molecule is Cc1cnc(N2CCOCC2)cc1NC(=O)c1cccc(-c2cn[nH]c2)n1. The van der Waals surface area contributed by atoms with E-state index in [-0.39, 0.29) is 5.91 Å². The first-order valence-electron chi connectivity index (χ1n) is 8.77. The van der Waals surface area contributed by atoms with Crippen molar-refractivity contribution in [3.63, 3.8) is 0 Å². The quantitative estimate of drug-likeness (QED) is 0.737. The maximum Gasteiger partial charge on any atom is 0.274 e. The highest BCUT2D eigenvalue weighted by Crippen LogP contribution is 2.22. The molecule has 0 unspecified atom stereocenters. The van der Waals surface area contributed by atoms with Crippen LogP contribution in [0.2, 0.25) is 0 Å². The van der Waals surface area contributed by atoms with E-state index in [2.05, 4.69) is 30.4 Å². The largest absolute Gasteiger partial charge is 0.378 e. The number of aryl methyl sites for hydroxylation is 1. The first-order valence-corrected chi connectivity index (χ1v) is 8.77. The standard InChI is InChI=1S/C19H20N6O2/c1-13-10-20-18(25-5-7-27-8-6-25)9-17(13)24-19(26)16-4-2-3-15(23-16)14-11-21-22-12-14/h2-4,9-12H,5-8H2,1H3,(H,21,22)(H,20,24,26). The van der Waals surface area contributed by atoms with Crippen molar-refractivity contribution in [2.24, 2.45) is 0 Å². The first kappa shape index (κ1) is 17.2. The average Bonchev–Trinajstić information content (AvgIpc) is 3.25. The molecule has 0 aromatic carbocycles. The van der Waals surface area contributed by atoms with Crippen molar-refractivity contribution >= 4 is 17.4 Å². The number of carbonyl (C=O) groups excluding carboxylic acids is 1. The summed E-state index contributed by atoms with van der Waals surface area (Å²) in [5, 5.41) is 9.63. The molecule has 4 rings (SSSR count). The molecule has 8 heteroatoms. The number of amides is 1. The van der Waals surface area contributed by atoms with E-state index in [9.17, 15) is 4.79 Å². The van der Waals surface area contributed by atoms with Gasteiger partial charge >= 0.3 is 0 Å². The zero-order valence-electron chi connectivity index (χ0n) is 15.0. The van der Waals surface area contributed by atoms with Crippen LogP contribution >= 0.6 is 0 Å². The molecule has 27 heavy (non-hydrogen) atoms. The number of H-pyrrole nitrogens is 1. The molecular formula is C19H20N6O2. The number of carbonyl (C=O) groups is 1. The van der Waals surface area contributed by atoms with Crippen LogP contribution in [0.1, 0.15) is 16.1 Å². The van der Waals surface area contributed by atoms with E-state index in [0.717, 1.165) is 35.7 Å². The van der Waals surface area contributed by atoms with Gasteiger partial charge in [-0.1, -0.05) is 6.07 Å². The molecule has 1 aliphatic rings. The van der Waals surface area contributed by atoms with E-state index in [1.54, 1.807) is 24.7 Å². The molecule has 2 N–H and O–H groups in total. The number of rotatable bonds is 4. The van der Waals surface area contributed by atoms with Crippen LogP contribution in [0.4, 0.5) is 11.5 Å². The summed E-state index contributed by atoms with van der Waals surface area (Å²) < 4.78 is 5.39. The number of anilines is 2. The second kappa shape index (κ2) is 7.55. The smallest absolute Gasteiger partial charge is 0.274 e. The minimum atomic E-state index is -0.262. The number of nitrogens with one attached hydrogen (secondary N) is 2. The Hall–Kier alpha value is -3.26. The van der Waals surface area contributed by atoms with E-state index in [4.69, 9.17) is 4.74 Å². The second-order valence-corrected chi connectivity index (χ2v) is 6.31. The van der Waals surface area contributed by atoms with Crippen LogP contribution in [0.3, 0.4) is 0 Å². The zero-order valence-corrected chi connectivity index (χ0v) is 15.0. The normalized spacial score (nSPS) is 14.2. The summed E-state index contributed by atoms with van der Waals surface area (Å²) in [6, 6.07) is 7.25. The predicted molar refractivity (Wildman–Crippen MR) is 102 cm³/mol. The fourth-order valence-corrected chi connectivity index (χ4v) is 2.91. The van der Waals surface area contributed by atoms with Gasteiger partial charge in [-0.05, 0) is 24.6 Å². The van der Waals surface area contributed by atoms with E-state index in [1.165, 1.54) is 0 Å². The van der Waals surface area contributed by atoms with Gasteiger partial charge in [0.15, 0.2) is 0 Å². The lowest BCUT2D eigenvalue weighted by molar-refractivity contribution is 0.102. The van der Waals surface area contributed by atoms with E-state index in [1.807, 2.05) is 25.1 Å². The van der Waals surface area contributed by atoms with E-state index in [0.29, 0.717) is 24.6 Å². The summed E-state index contributed by atoms with van der Waals surface area (Å²) in [4.78, 5) is 23.8. The Bertz CT molecular complexity index is 935. The number of hydrogen-bond donors (Lipinski definition) is 2. The Morgan fingerprint density at radius 1 is 1.26 bits per heavy atom. The summed E-state index contributed by atoms with van der Waals surface area (Å²) in [7, 11) is 0. The second-order valence-electron chi connectivity index (χ2n) is 6.31. The average molecular weight is 364 g/mol. The van der Waals surface area contributed by atoms with Gasteiger partial charge < -0.3 is 15.0 Å². The van der Waals surface area contributed by atoms with Gasteiger partial charge in [-0.3, -0.25) is 9.89 Å². The van der Waals surface area contributed by atoms with Gasteiger partial charge in [-0.15, -0.1) is 0 Å². The molecule has 8 nitrogen and oxygen atoms in total. The van der Waals surface area contributed by atoms with Gasteiger partial charge in [0, 0.05) is 42.8 Å². The van der Waals surface area contributed by atoms with Crippen LogP contribution in [0.5, 0.6) is 0 Å². The minimum Gasteiger partial charge on any atom is -0.378 e. The summed E-state index contributed by atoms with van der Waals surface area (Å²) in [6.45, 7) is 4.86. The molecule has 3 aromatic rings. The summed E-state index contributed by atoms with van der Waals surface area (Å²) >= 11 is 0. The molecule has 0 radical (unpaired) electrons. The van der Waals surface area contributed by atoms with Gasteiger partial charge in [0.1, 0.15) is 11.5 Å². The number of pyridine rings is 2. The molecule has 1 saturated heterocycles. The molecule has 0 spiro atoms. The van der Waals surface area contributed by atoms with Gasteiger partial charge in [0.25, 0.3) is 5.91 Å². The third kappa shape index (κ3) is 3.80. The van der Waals surface area contributed by atoms with Crippen molar-refractivity contribution in [2.75, 3.05) is 36.5 Å². The lowest BCUT2D eigenvalue weighted by Gasteiger charge is -2.28. The number of aromatic amines is 1. The molecule has 1 fully saturated rings. The third-order valence-electron chi connectivity index (χ3n) is 4.45. The van der Waals surface area contributed by atoms with Gasteiger partial charge in [0.05, 0.1) is 25.1 Å². The molecule has 1 aliphatic heterocycles. The van der Waals surface area contributed by atoms with E-state index < -0.39 is 0 Å². The minimum absolute atomic E-state index is 0.262. The summed E-state index contributed by atoms with van der Waals surface area (Å²) in [6.07, 6.45) is 5.19. The van der Waals surface area contributed by atoms with Crippen molar-refractivity contribution in [3.8, 4) is 11.3 Å². The highest BCUT2D eigenvalue weighted by atomic mass is 16.5. The lowest BCUT2D eigenvalue weighted by atomic mass is 10.2. The van der Waals surface area contributed by atoms with Crippen molar-refractivity contribution in [3.05, 3.63) is 54.1 Å². The number of aromatic nitrogens is 4. The van der Waals surface area contributed by atoms with Crippen LogP contribution in [0.15, 0.2) is 42.9 Å². The summed E-state index contributed by atoms with van der Waals surface area (Å²) in [5.41, 5.74) is 3.49. The van der Waals surface area contributed by atoms with Crippen molar-refractivity contribution in [2.45, 2.75) is 6.92 Å². The predicted octanol–water partition coefficient (Wildman–Crippen LogP) is 2.26. The van der Waals surface area contributed by atoms with Crippen LogP contribution in [0, 0.1) is 6.92 Å². The lowest BCUT2D eigenvalue weighted by Crippen LogP contribution is -2.36. The Kier molecular flexibility index (Phi) is 4.80. The molecule has 138 valence electrons. The molecule has 0 aliphatic carbocycles. The maximum atomic E-state index is 12.7. The van der Waals surface area contributed by atoms with Crippen LogP contribution in [-0.2, 0) is 4.74 Å². The number of hydrogen-bond acceptors (Lipinski definition) is 6. The monoisotopic (exact) mass is 364 g/mol. The Balaban J connectivity index is 1.55. The maximum absolute atomic E-state index is 12.7. The number of morpholine rings is 1. The topological polar surface area (TPSA) is 96.0 Å². The van der Waals surface area contributed by atoms with Crippen molar-refractivity contribution < 1.29 is 9.53 Å². The van der Waals surface area contributed by atoms with Crippen LogP contribution in [-0.4, -0.2) is 52.4 Å². The zero-order chi connectivity index (χ0) is 18.6.